The number of anilines is 1. The molecule has 128 valence electrons. The molecule has 0 radical (unpaired) electrons. The largest absolute Gasteiger partial charge is 0.481 e. The fraction of sp³-hybridized carbons (Fsp3) is 0.444. The van der Waals surface area contributed by atoms with E-state index in [-0.39, 0.29) is 6.42 Å². The maximum atomic E-state index is 10.9. The molecule has 0 saturated carbocycles. The predicted octanol–water partition coefficient (Wildman–Crippen LogP) is 4.39. The summed E-state index contributed by atoms with van der Waals surface area (Å²) in [6, 6.07) is 7.98. The molecule has 1 aromatic carbocycles. The summed E-state index contributed by atoms with van der Waals surface area (Å²) in [6.07, 6.45) is 5.07. The van der Waals surface area contributed by atoms with Gasteiger partial charge in [0.15, 0.2) is 0 Å². The summed E-state index contributed by atoms with van der Waals surface area (Å²) in [5.74, 6) is -0.219. The fourth-order valence-corrected chi connectivity index (χ4v) is 3.09. The first-order chi connectivity index (χ1) is 11.6. The molecule has 6 heteroatoms. The van der Waals surface area contributed by atoms with Crippen molar-refractivity contribution in [2.24, 2.45) is 0 Å². The summed E-state index contributed by atoms with van der Waals surface area (Å²) >= 11 is 5.96. The second kappa shape index (κ2) is 7.71. The molecule has 1 N–H and O–H groups in total. The van der Waals surface area contributed by atoms with Crippen molar-refractivity contribution >= 4 is 23.6 Å². The normalized spacial score (nSPS) is 15.3. The fourth-order valence-electron chi connectivity index (χ4n) is 2.96. The number of oxazole rings is 1. The molecule has 2 aromatic rings. The summed E-state index contributed by atoms with van der Waals surface area (Å²) in [7, 11) is 0. The van der Waals surface area contributed by atoms with Gasteiger partial charge in [-0.05, 0) is 25.0 Å². The number of benzene rings is 1. The summed E-state index contributed by atoms with van der Waals surface area (Å²) < 4.78 is 5.96. The summed E-state index contributed by atoms with van der Waals surface area (Å²) in [5.41, 5.74) is 1.61. The highest BCUT2D eigenvalue weighted by Crippen LogP contribution is 2.30. The van der Waals surface area contributed by atoms with Crippen LogP contribution in [0.1, 0.15) is 37.9 Å². The second-order valence-electron chi connectivity index (χ2n) is 6.07. The minimum Gasteiger partial charge on any atom is -0.481 e. The van der Waals surface area contributed by atoms with E-state index in [2.05, 4.69) is 9.88 Å². The molecular formula is C18H21ClN2O3. The molecule has 3 rings (SSSR count). The number of rotatable bonds is 5. The molecule has 2 heterocycles. The Hall–Kier alpha value is -2.01. The molecule has 0 atom stereocenters. The van der Waals surface area contributed by atoms with Crippen molar-refractivity contribution in [3.63, 3.8) is 0 Å². The average Bonchev–Trinajstić information content (AvgIpc) is 2.80. The standard InChI is InChI=1S/C18H21ClN2O3/c19-14-7-5-13(6-8-14)17-15(9-10-16(22)23)24-18(20-17)21-11-3-1-2-4-12-21/h5-8H,1-4,9-12H2,(H,22,23). The first-order valence-corrected chi connectivity index (χ1v) is 8.73. The predicted molar refractivity (Wildman–Crippen MR) is 93.6 cm³/mol. The Bertz CT molecular complexity index is 689. The molecule has 0 spiro atoms. The van der Waals surface area contributed by atoms with E-state index < -0.39 is 5.97 Å². The third-order valence-corrected chi connectivity index (χ3v) is 4.50. The lowest BCUT2D eigenvalue weighted by Crippen LogP contribution is -2.24. The number of halogens is 1. The average molecular weight is 349 g/mol. The van der Waals surface area contributed by atoms with Crippen molar-refractivity contribution < 1.29 is 14.3 Å². The van der Waals surface area contributed by atoms with Crippen LogP contribution in [-0.4, -0.2) is 29.1 Å². The van der Waals surface area contributed by atoms with E-state index in [1.807, 2.05) is 12.1 Å². The van der Waals surface area contributed by atoms with Crippen molar-refractivity contribution in [2.75, 3.05) is 18.0 Å². The number of carboxylic acid groups (broad SMARTS) is 1. The molecule has 1 aromatic heterocycles. The van der Waals surface area contributed by atoms with E-state index in [4.69, 9.17) is 21.1 Å². The van der Waals surface area contributed by atoms with Gasteiger partial charge in [-0.2, -0.15) is 4.98 Å². The van der Waals surface area contributed by atoms with Gasteiger partial charge in [0.25, 0.3) is 6.01 Å². The lowest BCUT2D eigenvalue weighted by atomic mass is 10.1. The highest BCUT2D eigenvalue weighted by molar-refractivity contribution is 6.30. The van der Waals surface area contributed by atoms with Gasteiger partial charge in [0, 0.05) is 30.1 Å². The lowest BCUT2D eigenvalue weighted by Gasteiger charge is -2.17. The van der Waals surface area contributed by atoms with Gasteiger partial charge < -0.3 is 14.4 Å². The Morgan fingerprint density at radius 3 is 2.46 bits per heavy atom. The van der Waals surface area contributed by atoms with Crippen LogP contribution in [0.2, 0.25) is 5.02 Å². The minimum atomic E-state index is -0.843. The van der Waals surface area contributed by atoms with Gasteiger partial charge in [0.05, 0.1) is 6.42 Å². The Kier molecular flexibility index (Phi) is 5.41. The van der Waals surface area contributed by atoms with Crippen LogP contribution in [0, 0.1) is 0 Å². The number of carbonyl (C=O) groups is 1. The van der Waals surface area contributed by atoms with Gasteiger partial charge in [-0.25, -0.2) is 0 Å². The van der Waals surface area contributed by atoms with Gasteiger partial charge in [-0.15, -0.1) is 0 Å². The highest BCUT2D eigenvalue weighted by Gasteiger charge is 2.21. The number of aromatic nitrogens is 1. The van der Waals surface area contributed by atoms with Crippen LogP contribution < -0.4 is 4.90 Å². The van der Waals surface area contributed by atoms with E-state index >= 15 is 0 Å². The van der Waals surface area contributed by atoms with Crippen molar-refractivity contribution in [1.82, 2.24) is 4.98 Å². The molecule has 0 bridgehead atoms. The van der Waals surface area contributed by atoms with Crippen LogP contribution in [0.5, 0.6) is 0 Å². The molecule has 1 saturated heterocycles. The first-order valence-electron chi connectivity index (χ1n) is 8.36. The smallest absolute Gasteiger partial charge is 0.303 e. The third kappa shape index (κ3) is 4.09. The number of hydrogen-bond acceptors (Lipinski definition) is 4. The van der Waals surface area contributed by atoms with Crippen molar-refractivity contribution in [1.29, 1.82) is 0 Å². The first kappa shape index (κ1) is 16.8. The Morgan fingerprint density at radius 1 is 1.17 bits per heavy atom. The van der Waals surface area contributed by atoms with E-state index in [1.54, 1.807) is 12.1 Å². The van der Waals surface area contributed by atoms with Crippen LogP contribution in [0.4, 0.5) is 6.01 Å². The van der Waals surface area contributed by atoms with Crippen LogP contribution in [0.25, 0.3) is 11.3 Å². The van der Waals surface area contributed by atoms with Gasteiger partial charge in [-0.1, -0.05) is 36.6 Å². The zero-order chi connectivity index (χ0) is 16.9. The summed E-state index contributed by atoms with van der Waals surface area (Å²) in [6.45, 7) is 1.86. The lowest BCUT2D eigenvalue weighted by molar-refractivity contribution is -0.137. The number of aryl methyl sites for hydroxylation is 1. The van der Waals surface area contributed by atoms with Crippen LogP contribution in [0.15, 0.2) is 28.7 Å². The minimum absolute atomic E-state index is 0.0230. The van der Waals surface area contributed by atoms with Crippen LogP contribution in [-0.2, 0) is 11.2 Å². The number of nitrogens with zero attached hydrogens (tertiary/aromatic N) is 2. The van der Waals surface area contributed by atoms with Crippen LogP contribution in [0.3, 0.4) is 0 Å². The van der Waals surface area contributed by atoms with Crippen molar-refractivity contribution in [2.45, 2.75) is 38.5 Å². The Balaban J connectivity index is 1.91. The molecular weight excluding hydrogens is 328 g/mol. The summed E-state index contributed by atoms with van der Waals surface area (Å²) in [5, 5.41) is 9.63. The molecule has 1 fully saturated rings. The zero-order valence-corrected chi connectivity index (χ0v) is 14.3. The quantitative estimate of drug-likeness (QED) is 0.867. The van der Waals surface area contributed by atoms with Gasteiger partial charge in [0.2, 0.25) is 0 Å². The van der Waals surface area contributed by atoms with E-state index in [0.29, 0.717) is 28.9 Å². The molecule has 0 aliphatic carbocycles. The molecule has 1 aliphatic heterocycles. The van der Waals surface area contributed by atoms with Gasteiger partial charge >= 0.3 is 5.97 Å². The molecule has 5 nitrogen and oxygen atoms in total. The topological polar surface area (TPSA) is 66.6 Å². The van der Waals surface area contributed by atoms with E-state index in [9.17, 15) is 4.79 Å². The SMILES string of the molecule is O=C(O)CCc1oc(N2CCCCCC2)nc1-c1ccc(Cl)cc1. The van der Waals surface area contributed by atoms with Gasteiger partial charge in [-0.3, -0.25) is 4.79 Å². The summed E-state index contributed by atoms with van der Waals surface area (Å²) in [4.78, 5) is 17.8. The highest BCUT2D eigenvalue weighted by atomic mass is 35.5. The monoisotopic (exact) mass is 348 g/mol. The van der Waals surface area contributed by atoms with Crippen molar-refractivity contribution in [3.05, 3.63) is 35.0 Å². The number of carboxylic acids is 1. The molecule has 0 amide bonds. The van der Waals surface area contributed by atoms with Crippen LogP contribution >= 0.6 is 11.6 Å². The van der Waals surface area contributed by atoms with Gasteiger partial charge in [0.1, 0.15) is 11.5 Å². The number of hydrogen-bond donors (Lipinski definition) is 1. The Morgan fingerprint density at radius 2 is 1.83 bits per heavy atom. The maximum Gasteiger partial charge on any atom is 0.303 e. The number of aliphatic carboxylic acids is 1. The van der Waals surface area contributed by atoms with E-state index in [0.717, 1.165) is 31.5 Å². The second-order valence-corrected chi connectivity index (χ2v) is 6.51. The maximum absolute atomic E-state index is 10.9. The molecule has 1 aliphatic rings. The van der Waals surface area contributed by atoms with Crippen molar-refractivity contribution in [3.8, 4) is 11.3 Å². The zero-order valence-electron chi connectivity index (χ0n) is 13.5. The van der Waals surface area contributed by atoms with E-state index in [1.165, 1.54) is 12.8 Å². The third-order valence-electron chi connectivity index (χ3n) is 4.25. The molecule has 0 unspecified atom stereocenters. The molecule has 24 heavy (non-hydrogen) atoms. The Labute approximate surface area is 146 Å².